The van der Waals surface area contributed by atoms with Gasteiger partial charge in [0.15, 0.2) is 11.5 Å². The lowest BCUT2D eigenvalue weighted by atomic mass is 10.1. The van der Waals surface area contributed by atoms with Gasteiger partial charge in [0, 0.05) is 44.5 Å². The highest BCUT2D eigenvalue weighted by atomic mass is 19.4. The van der Waals surface area contributed by atoms with E-state index in [2.05, 4.69) is 15.2 Å². The van der Waals surface area contributed by atoms with Crippen molar-refractivity contribution in [1.29, 1.82) is 0 Å². The van der Waals surface area contributed by atoms with Gasteiger partial charge in [0.1, 0.15) is 5.65 Å². The molecule has 3 heterocycles. The molecule has 0 saturated carbocycles. The van der Waals surface area contributed by atoms with Gasteiger partial charge in [0.2, 0.25) is 0 Å². The molecule has 1 aliphatic heterocycles. The van der Waals surface area contributed by atoms with Gasteiger partial charge in [-0.1, -0.05) is 0 Å². The molecule has 9 heteroatoms. The molecule has 4 rings (SSSR count). The van der Waals surface area contributed by atoms with E-state index >= 15 is 0 Å². The largest absolute Gasteiger partial charge is 0.493 e. The fourth-order valence-corrected chi connectivity index (χ4v) is 3.71. The molecule has 2 aromatic heterocycles. The summed E-state index contributed by atoms with van der Waals surface area (Å²) in [5.41, 5.74) is 1.87. The van der Waals surface area contributed by atoms with Crippen molar-refractivity contribution in [2.45, 2.75) is 12.7 Å². The number of nitrogens with one attached hydrogen (secondary N) is 1. The summed E-state index contributed by atoms with van der Waals surface area (Å²) in [6.45, 7) is 3.81. The SMILES string of the molecule is COc1ccc(-c2nc3ccc(C(F)(F)F)cn3c2CN2CCNCC2)cc1OC. The molecular formula is C21H23F3N4O2. The van der Waals surface area contributed by atoms with Crippen molar-refractivity contribution in [3.05, 3.63) is 47.8 Å². The van der Waals surface area contributed by atoms with Crippen LogP contribution in [0, 0.1) is 0 Å². The second kappa shape index (κ2) is 8.16. The third kappa shape index (κ3) is 3.95. The number of hydrogen-bond acceptors (Lipinski definition) is 5. The van der Waals surface area contributed by atoms with Crippen LogP contribution in [0.25, 0.3) is 16.9 Å². The number of piperazine rings is 1. The van der Waals surface area contributed by atoms with Crippen molar-refractivity contribution in [2.24, 2.45) is 0 Å². The fraction of sp³-hybridized carbons (Fsp3) is 0.381. The fourth-order valence-electron chi connectivity index (χ4n) is 3.71. The highest BCUT2D eigenvalue weighted by molar-refractivity contribution is 5.69. The van der Waals surface area contributed by atoms with E-state index in [-0.39, 0.29) is 0 Å². The first-order valence-electron chi connectivity index (χ1n) is 9.64. The maximum absolute atomic E-state index is 13.3. The summed E-state index contributed by atoms with van der Waals surface area (Å²) >= 11 is 0. The predicted molar refractivity (Wildman–Crippen MR) is 107 cm³/mol. The number of ether oxygens (including phenoxy) is 2. The summed E-state index contributed by atoms with van der Waals surface area (Å²) < 4.78 is 52.3. The van der Waals surface area contributed by atoms with Gasteiger partial charge in [0.05, 0.1) is 31.2 Å². The van der Waals surface area contributed by atoms with Crippen molar-refractivity contribution in [3.63, 3.8) is 0 Å². The van der Waals surface area contributed by atoms with Crippen LogP contribution in [-0.2, 0) is 12.7 Å². The number of fused-ring (bicyclic) bond motifs is 1. The molecule has 1 aromatic carbocycles. The Hall–Kier alpha value is -2.78. The average Bonchev–Trinajstić information content (AvgIpc) is 3.11. The number of alkyl halides is 3. The third-order valence-corrected chi connectivity index (χ3v) is 5.28. The van der Waals surface area contributed by atoms with Crippen molar-refractivity contribution >= 4 is 5.65 Å². The molecule has 6 nitrogen and oxygen atoms in total. The van der Waals surface area contributed by atoms with E-state index in [4.69, 9.17) is 9.47 Å². The monoisotopic (exact) mass is 420 g/mol. The summed E-state index contributed by atoms with van der Waals surface area (Å²) in [5.74, 6) is 1.11. The predicted octanol–water partition coefficient (Wildman–Crippen LogP) is 3.44. The normalized spacial score (nSPS) is 15.5. The number of benzene rings is 1. The summed E-state index contributed by atoms with van der Waals surface area (Å²) in [6, 6.07) is 7.89. The number of aromatic nitrogens is 2. The van der Waals surface area contributed by atoms with Crippen molar-refractivity contribution in [1.82, 2.24) is 19.6 Å². The molecule has 0 bridgehead atoms. The van der Waals surface area contributed by atoms with Gasteiger partial charge < -0.3 is 19.2 Å². The summed E-state index contributed by atoms with van der Waals surface area (Å²) in [7, 11) is 3.10. The van der Waals surface area contributed by atoms with Gasteiger partial charge in [-0.3, -0.25) is 4.90 Å². The molecule has 0 atom stereocenters. The molecular weight excluding hydrogens is 397 g/mol. The smallest absolute Gasteiger partial charge is 0.417 e. The maximum Gasteiger partial charge on any atom is 0.417 e. The Morgan fingerprint density at radius 1 is 1.03 bits per heavy atom. The van der Waals surface area contributed by atoms with E-state index < -0.39 is 11.7 Å². The highest BCUT2D eigenvalue weighted by Crippen LogP contribution is 2.35. The van der Waals surface area contributed by atoms with Gasteiger partial charge in [-0.05, 0) is 30.3 Å². The summed E-state index contributed by atoms with van der Waals surface area (Å²) in [6.07, 6.45) is -3.29. The van der Waals surface area contributed by atoms with Crippen LogP contribution in [-0.4, -0.2) is 54.7 Å². The molecule has 0 radical (unpaired) electrons. The minimum atomic E-state index is -4.42. The van der Waals surface area contributed by atoms with E-state index in [1.165, 1.54) is 6.07 Å². The lowest BCUT2D eigenvalue weighted by Crippen LogP contribution is -2.43. The summed E-state index contributed by atoms with van der Waals surface area (Å²) in [5, 5.41) is 3.29. The van der Waals surface area contributed by atoms with Crippen LogP contribution in [0.3, 0.4) is 0 Å². The van der Waals surface area contributed by atoms with Gasteiger partial charge in [-0.15, -0.1) is 0 Å². The lowest BCUT2D eigenvalue weighted by Gasteiger charge is -2.27. The lowest BCUT2D eigenvalue weighted by molar-refractivity contribution is -0.137. The molecule has 30 heavy (non-hydrogen) atoms. The van der Waals surface area contributed by atoms with Crippen LogP contribution >= 0.6 is 0 Å². The number of nitrogens with zero attached hydrogens (tertiary/aromatic N) is 3. The van der Waals surface area contributed by atoms with Crippen LogP contribution in [0.4, 0.5) is 13.2 Å². The van der Waals surface area contributed by atoms with E-state index in [0.29, 0.717) is 35.1 Å². The number of rotatable bonds is 5. The molecule has 1 fully saturated rings. The second-order valence-corrected chi connectivity index (χ2v) is 7.15. The molecule has 1 saturated heterocycles. The Labute approximate surface area is 172 Å². The van der Waals surface area contributed by atoms with Crippen LogP contribution in [0.5, 0.6) is 11.5 Å². The Balaban J connectivity index is 1.86. The van der Waals surface area contributed by atoms with Gasteiger partial charge >= 0.3 is 6.18 Å². The Morgan fingerprint density at radius 2 is 1.77 bits per heavy atom. The topological polar surface area (TPSA) is 51.0 Å². The third-order valence-electron chi connectivity index (χ3n) is 5.28. The first kappa shape index (κ1) is 20.5. The average molecular weight is 420 g/mol. The van der Waals surface area contributed by atoms with Crippen molar-refractivity contribution in [2.75, 3.05) is 40.4 Å². The first-order chi connectivity index (χ1) is 14.4. The molecule has 160 valence electrons. The molecule has 1 aliphatic rings. The van der Waals surface area contributed by atoms with E-state index in [0.717, 1.165) is 44.0 Å². The number of hydrogen-bond donors (Lipinski definition) is 1. The Kier molecular flexibility index (Phi) is 5.57. The summed E-state index contributed by atoms with van der Waals surface area (Å²) in [4.78, 5) is 6.87. The number of imidazole rings is 1. The highest BCUT2D eigenvalue weighted by Gasteiger charge is 2.31. The van der Waals surface area contributed by atoms with Crippen molar-refractivity contribution in [3.8, 4) is 22.8 Å². The molecule has 0 unspecified atom stereocenters. The van der Waals surface area contributed by atoms with Gasteiger partial charge in [-0.25, -0.2) is 4.98 Å². The molecule has 3 aromatic rings. The molecule has 0 amide bonds. The minimum absolute atomic E-state index is 0.470. The Bertz CT molecular complexity index is 1040. The van der Waals surface area contributed by atoms with Gasteiger partial charge in [0.25, 0.3) is 0 Å². The van der Waals surface area contributed by atoms with Crippen LogP contribution < -0.4 is 14.8 Å². The number of methoxy groups -OCH3 is 2. The molecule has 0 spiro atoms. The van der Waals surface area contributed by atoms with Gasteiger partial charge in [-0.2, -0.15) is 13.2 Å². The zero-order chi connectivity index (χ0) is 21.3. The maximum atomic E-state index is 13.3. The van der Waals surface area contributed by atoms with E-state index in [1.54, 1.807) is 30.8 Å². The molecule has 0 aliphatic carbocycles. The zero-order valence-electron chi connectivity index (χ0n) is 16.8. The van der Waals surface area contributed by atoms with Crippen LogP contribution in [0.2, 0.25) is 0 Å². The standard InChI is InChI=1S/C21H23F3N4O2/c1-29-17-5-3-14(11-18(17)30-2)20-16(13-27-9-7-25-8-10-27)28-12-15(21(22,23)24)4-6-19(28)26-20/h3-6,11-12,25H,7-10,13H2,1-2H3. The number of pyridine rings is 1. The quantitative estimate of drug-likeness (QED) is 0.685. The van der Waals surface area contributed by atoms with E-state index in [1.807, 2.05) is 6.07 Å². The second-order valence-electron chi connectivity index (χ2n) is 7.15. The first-order valence-corrected chi connectivity index (χ1v) is 9.64. The zero-order valence-corrected chi connectivity index (χ0v) is 16.8. The van der Waals surface area contributed by atoms with Crippen LogP contribution in [0.1, 0.15) is 11.3 Å². The number of halogens is 3. The van der Waals surface area contributed by atoms with E-state index in [9.17, 15) is 13.2 Å². The van der Waals surface area contributed by atoms with Crippen LogP contribution in [0.15, 0.2) is 36.5 Å². The minimum Gasteiger partial charge on any atom is -0.493 e. The molecule has 1 N–H and O–H groups in total. The van der Waals surface area contributed by atoms with Crippen molar-refractivity contribution < 1.29 is 22.6 Å². The Morgan fingerprint density at radius 3 is 2.43 bits per heavy atom.